The van der Waals surface area contributed by atoms with Gasteiger partial charge in [-0.05, 0) is 5.56 Å². The standard InChI is InChI=1S/C13H14O5/c1-18-13(17)8-9-2-4-10(5-3-9)11(14)6-7-12(15)16/h2-5H,6-8H2,1H3,(H,15,16). The third-order valence-corrected chi connectivity index (χ3v) is 2.42. The lowest BCUT2D eigenvalue weighted by Gasteiger charge is -2.02. The Morgan fingerprint density at radius 2 is 1.72 bits per heavy atom. The molecule has 1 aromatic rings. The Balaban J connectivity index is 2.62. The fourth-order valence-electron chi connectivity index (χ4n) is 1.41. The summed E-state index contributed by atoms with van der Waals surface area (Å²) in [5, 5.41) is 8.48. The first-order valence-corrected chi connectivity index (χ1v) is 5.43. The molecule has 0 saturated heterocycles. The highest BCUT2D eigenvalue weighted by Gasteiger charge is 2.09. The van der Waals surface area contributed by atoms with Crippen molar-refractivity contribution < 1.29 is 24.2 Å². The van der Waals surface area contributed by atoms with Crippen LogP contribution < -0.4 is 0 Å². The number of carboxylic acid groups (broad SMARTS) is 1. The van der Waals surface area contributed by atoms with Gasteiger partial charge in [0.05, 0.1) is 20.0 Å². The molecule has 0 amide bonds. The summed E-state index contributed by atoms with van der Waals surface area (Å²) >= 11 is 0. The number of carbonyl (C=O) groups is 3. The molecule has 0 aliphatic carbocycles. The van der Waals surface area contributed by atoms with Gasteiger partial charge < -0.3 is 9.84 Å². The highest BCUT2D eigenvalue weighted by Crippen LogP contribution is 2.09. The number of aliphatic carboxylic acids is 1. The number of ketones is 1. The molecule has 18 heavy (non-hydrogen) atoms. The van der Waals surface area contributed by atoms with Crippen molar-refractivity contribution in [3.63, 3.8) is 0 Å². The lowest BCUT2D eigenvalue weighted by atomic mass is 10.0. The van der Waals surface area contributed by atoms with Crippen LogP contribution in [0.25, 0.3) is 0 Å². The highest BCUT2D eigenvalue weighted by atomic mass is 16.5. The summed E-state index contributed by atoms with van der Waals surface area (Å²) < 4.78 is 4.53. The van der Waals surface area contributed by atoms with Gasteiger partial charge in [-0.1, -0.05) is 24.3 Å². The van der Waals surface area contributed by atoms with Crippen LogP contribution in [0.3, 0.4) is 0 Å². The number of esters is 1. The number of carboxylic acids is 1. The SMILES string of the molecule is COC(=O)Cc1ccc(C(=O)CCC(=O)O)cc1. The average Bonchev–Trinajstić information content (AvgIpc) is 2.36. The van der Waals surface area contributed by atoms with Crippen LogP contribution in [-0.2, 0) is 20.7 Å². The maximum absolute atomic E-state index is 11.6. The van der Waals surface area contributed by atoms with Crippen molar-refractivity contribution in [3.05, 3.63) is 35.4 Å². The highest BCUT2D eigenvalue weighted by molar-refractivity contribution is 5.97. The summed E-state index contributed by atoms with van der Waals surface area (Å²) in [7, 11) is 1.31. The Hall–Kier alpha value is -2.17. The van der Waals surface area contributed by atoms with E-state index >= 15 is 0 Å². The number of hydrogen-bond acceptors (Lipinski definition) is 4. The van der Waals surface area contributed by atoms with Gasteiger partial charge in [0.25, 0.3) is 0 Å². The Morgan fingerprint density at radius 1 is 1.11 bits per heavy atom. The van der Waals surface area contributed by atoms with Crippen molar-refractivity contribution in [1.82, 2.24) is 0 Å². The van der Waals surface area contributed by atoms with E-state index in [0.717, 1.165) is 5.56 Å². The molecule has 96 valence electrons. The van der Waals surface area contributed by atoms with Crippen LogP contribution >= 0.6 is 0 Å². The van der Waals surface area contributed by atoms with Gasteiger partial charge in [-0.25, -0.2) is 0 Å². The predicted octanol–water partition coefficient (Wildman–Crippen LogP) is 1.45. The Kier molecular flexibility index (Phi) is 5.05. The molecule has 1 N–H and O–H groups in total. The molecule has 0 radical (unpaired) electrons. The Labute approximate surface area is 104 Å². The van der Waals surface area contributed by atoms with Crippen LogP contribution in [0.1, 0.15) is 28.8 Å². The summed E-state index contributed by atoms with van der Waals surface area (Å²) in [6.45, 7) is 0. The van der Waals surface area contributed by atoms with Crippen LogP contribution in [0.4, 0.5) is 0 Å². The molecule has 1 rings (SSSR count). The molecule has 0 fully saturated rings. The van der Waals surface area contributed by atoms with Crippen LogP contribution in [-0.4, -0.2) is 29.9 Å². The summed E-state index contributed by atoms with van der Waals surface area (Å²) in [5.74, 6) is -1.56. The van der Waals surface area contributed by atoms with Gasteiger partial charge >= 0.3 is 11.9 Å². The topological polar surface area (TPSA) is 80.7 Å². The van der Waals surface area contributed by atoms with E-state index in [1.807, 2.05) is 0 Å². The van der Waals surface area contributed by atoms with E-state index in [1.54, 1.807) is 24.3 Å². The van der Waals surface area contributed by atoms with Crippen molar-refractivity contribution in [2.45, 2.75) is 19.3 Å². The van der Waals surface area contributed by atoms with E-state index in [9.17, 15) is 14.4 Å². The second kappa shape index (κ2) is 6.54. The molecule has 0 aliphatic rings. The van der Waals surface area contributed by atoms with Gasteiger partial charge in [0.1, 0.15) is 0 Å². The van der Waals surface area contributed by atoms with E-state index in [-0.39, 0.29) is 31.0 Å². The molecular formula is C13H14O5. The minimum absolute atomic E-state index is 0.0221. The molecule has 0 aromatic heterocycles. The number of rotatable bonds is 6. The average molecular weight is 250 g/mol. The molecule has 5 heteroatoms. The van der Waals surface area contributed by atoms with Crippen molar-refractivity contribution in [2.24, 2.45) is 0 Å². The first-order chi connectivity index (χ1) is 8.52. The molecule has 0 aliphatic heterocycles. The summed E-state index contributed by atoms with van der Waals surface area (Å²) in [4.78, 5) is 32.9. The maximum atomic E-state index is 11.6. The molecule has 1 aromatic carbocycles. The molecule has 5 nitrogen and oxygen atoms in total. The van der Waals surface area contributed by atoms with E-state index in [4.69, 9.17) is 5.11 Å². The largest absolute Gasteiger partial charge is 0.481 e. The minimum atomic E-state index is -0.995. The van der Waals surface area contributed by atoms with Crippen molar-refractivity contribution >= 4 is 17.7 Å². The number of benzene rings is 1. The van der Waals surface area contributed by atoms with Gasteiger partial charge in [-0.2, -0.15) is 0 Å². The zero-order chi connectivity index (χ0) is 13.5. The quantitative estimate of drug-likeness (QED) is 0.610. The summed E-state index contributed by atoms with van der Waals surface area (Å²) in [6.07, 6.45) is -0.0471. The fourth-order valence-corrected chi connectivity index (χ4v) is 1.41. The van der Waals surface area contributed by atoms with Gasteiger partial charge in [-0.3, -0.25) is 14.4 Å². The van der Waals surface area contributed by atoms with Crippen molar-refractivity contribution in [3.8, 4) is 0 Å². The number of Topliss-reactive ketones (excluding diaryl/α,β-unsaturated/α-hetero) is 1. The van der Waals surface area contributed by atoms with Gasteiger partial charge in [0.2, 0.25) is 0 Å². The number of methoxy groups -OCH3 is 1. The zero-order valence-corrected chi connectivity index (χ0v) is 10.0. The normalized spacial score (nSPS) is 9.83. The lowest BCUT2D eigenvalue weighted by Crippen LogP contribution is -2.06. The first kappa shape index (κ1) is 13.9. The van der Waals surface area contributed by atoms with Crippen LogP contribution in [0.5, 0.6) is 0 Å². The third-order valence-electron chi connectivity index (χ3n) is 2.42. The Morgan fingerprint density at radius 3 is 2.22 bits per heavy atom. The van der Waals surface area contributed by atoms with Gasteiger partial charge in [-0.15, -0.1) is 0 Å². The number of hydrogen-bond donors (Lipinski definition) is 1. The van der Waals surface area contributed by atoms with Crippen LogP contribution in [0, 0.1) is 0 Å². The zero-order valence-electron chi connectivity index (χ0n) is 10.0. The number of ether oxygens (including phenoxy) is 1. The van der Waals surface area contributed by atoms with Crippen molar-refractivity contribution in [1.29, 1.82) is 0 Å². The number of carbonyl (C=O) groups excluding carboxylic acids is 2. The van der Waals surface area contributed by atoms with Crippen molar-refractivity contribution in [2.75, 3.05) is 7.11 Å². The molecule has 0 atom stereocenters. The molecule has 0 bridgehead atoms. The predicted molar refractivity (Wildman–Crippen MR) is 63.4 cm³/mol. The third kappa shape index (κ3) is 4.37. The summed E-state index contributed by atoms with van der Waals surface area (Å²) in [6, 6.07) is 6.49. The van der Waals surface area contributed by atoms with Gasteiger partial charge in [0, 0.05) is 12.0 Å². The minimum Gasteiger partial charge on any atom is -0.481 e. The second-order valence-electron chi connectivity index (χ2n) is 3.77. The monoisotopic (exact) mass is 250 g/mol. The molecular weight excluding hydrogens is 236 g/mol. The maximum Gasteiger partial charge on any atom is 0.309 e. The molecule has 0 spiro atoms. The van der Waals surface area contributed by atoms with E-state index < -0.39 is 5.97 Å². The first-order valence-electron chi connectivity index (χ1n) is 5.43. The van der Waals surface area contributed by atoms with E-state index in [1.165, 1.54) is 7.11 Å². The molecule has 0 heterocycles. The smallest absolute Gasteiger partial charge is 0.309 e. The molecule has 0 saturated carbocycles. The van der Waals surface area contributed by atoms with Gasteiger partial charge in [0.15, 0.2) is 5.78 Å². The fraction of sp³-hybridized carbons (Fsp3) is 0.308. The van der Waals surface area contributed by atoms with Crippen LogP contribution in [0.2, 0.25) is 0 Å². The van der Waals surface area contributed by atoms with Crippen LogP contribution in [0.15, 0.2) is 24.3 Å². The lowest BCUT2D eigenvalue weighted by molar-refractivity contribution is -0.140. The summed E-state index contributed by atoms with van der Waals surface area (Å²) in [5.41, 5.74) is 1.20. The van der Waals surface area contributed by atoms with E-state index in [0.29, 0.717) is 5.56 Å². The van der Waals surface area contributed by atoms with E-state index in [2.05, 4.69) is 4.74 Å². The second-order valence-corrected chi connectivity index (χ2v) is 3.77. The Bertz CT molecular complexity index is 447. The molecule has 0 unspecified atom stereocenters.